The Balaban J connectivity index is 1.27. The zero-order valence-electron chi connectivity index (χ0n) is 23.7. The quantitative estimate of drug-likeness (QED) is 0.116. The number of phosphoric ester groups is 1. The summed E-state index contributed by atoms with van der Waals surface area (Å²) in [5, 5.41) is 8.78. The van der Waals surface area contributed by atoms with Gasteiger partial charge in [-0.1, -0.05) is 54.6 Å². The van der Waals surface area contributed by atoms with E-state index in [4.69, 9.17) is 34.3 Å². The minimum atomic E-state index is -4.63. The van der Waals surface area contributed by atoms with Gasteiger partial charge in [0, 0.05) is 6.42 Å². The Hall–Kier alpha value is -4.03. The highest BCUT2D eigenvalue weighted by Gasteiger charge is 2.31. The van der Waals surface area contributed by atoms with Crippen LogP contribution in [0.1, 0.15) is 17.5 Å². The molecule has 0 bridgehead atoms. The third-order valence-electron chi connectivity index (χ3n) is 6.35. The fourth-order valence-corrected chi connectivity index (χ4v) is 4.84. The lowest BCUT2D eigenvalue weighted by Gasteiger charge is -2.28. The van der Waals surface area contributed by atoms with E-state index in [0.717, 1.165) is 16.9 Å². The summed E-state index contributed by atoms with van der Waals surface area (Å²) in [5.41, 5.74) is 7.00. The monoisotopic (exact) mass is 627 g/mol. The Morgan fingerprint density at radius 1 is 1.00 bits per heavy atom. The van der Waals surface area contributed by atoms with Crippen molar-refractivity contribution in [3.63, 3.8) is 0 Å². The highest BCUT2D eigenvalue weighted by Crippen LogP contribution is 2.43. The maximum Gasteiger partial charge on any atom is 0.472 e. The first kappa shape index (κ1) is 32.9. The second-order valence-corrected chi connectivity index (χ2v) is 11.2. The predicted molar refractivity (Wildman–Crippen MR) is 158 cm³/mol. The maximum atomic E-state index is 12.7. The Bertz CT molecular complexity index is 1470. The van der Waals surface area contributed by atoms with Gasteiger partial charge < -0.3 is 34.7 Å². The van der Waals surface area contributed by atoms with Crippen LogP contribution in [-0.2, 0) is 45.7 Å². The molecule has 0 spiro atoms. The highest BCUT2D eigenvalue weighted by atomic mass is 31.2. The molecule has 0 saturated heterocycles. The predicted octanol–water partition coefficient (Wildman–Crippen LogP) is 4.40. The van der Waals surface area contributed by atoms with Gasteiger partial charge in [0.2, 0.25) is 0 Å². The number of carboxylic acids is 1. The molecule has 3 aromatic rings. The third kappa shape index (κ3) is 10.6. The number of carboxylic acid groups (broad SMARTS) is 1. The molecule has 234 valence electrons. The summed E-state index contributed by atoms with van der Waals surface area (Å²) in [4.78, 5) is 33.4. The molecule has 1 aliphatic heterocycles. The van der Waals surface area contributed by atoms with E-state index in [-0.39, 0.29) is 13.0 Å². The van der Waals surface area contributed by atoms with Crippen LogP contribution in [0, 0.1) is 0 Å². The molecule has 44 heavy (non-hydrogen) atoms. The van der Waals surface area contributed by atoms with Crippen molar-refractivity contribution in [2.45, 2.75) is 37.7 Å². The van der Waals surface area contributed by atoms with E-state index in [1.54, 1.807) is 12.2 Å². The molecule has 3 aromatic carbocycles. The Morgan fingerprint density at radius 2 is 1.75 bits per heavy atom. The zero-order valence-corrected chi connectivity index (χ0v) is 24.6. The van der Waals surface area contributed by atoms with E-state index in [1.807, 2.05) is 78.9 Å². The fraction of sp³-hybridized carbons (Fsp3) is 0.290. The fourth-order valence-electron chi connectivity index (χ4n) is 4.08. The molecule has 13 heteroatoms. The number of benzene rings is 3. The minimum Gasteiger partial charge on any atom is -0.489 e. The van der Waals surface area contributed by atoms with Crippen LogP contribution in [0.2, 0.25) is 0 Å². The van der Waals surface area contributed by atoms with Gasteiger partial charge in [-0.05, 0) is 54.0 Å². The number of aliphatic carboxylic acids is 1. The molecule has 1 heterocycles. The molecule has 1 aliphatic rings. The van der Waals surface area contributed by atoms with Crippen LogP contribution < -0.4 is 15.2 Å². The molecule has 1 unspecified atom stereocenters. The number of rotatable bonds is 16. The Kier molecular flexibility index (Phi) is 12.1. The number of phosphoric acid groups is 1. The van der Waals surface area contributed by atoms with E-state index >= 15 is 0 Å². The largest absolute Gasteiger partial charge is 0.489 e. The van der Waals surface area contributed by atoms with Crippen LogP contribution >= 0.6 is 7.82 Å². The van der Waals surface area contributed by atoms with Crippen molar-refractivity contribution >= 4 is 19.8 Å². The van der Waals surface area contributed by atoms with Gasteiger partial charge in [0.05, 0.1) is 19.8 Å². The molecule has 0 amide bonds. The summed E-state index contributed by atoms with van der Waals surface area (Å²) in [5.74, 6) is 0.132. The van der Waals surface area contributed by atoms with Crippen molar-refractivity contribution in [2.75, 3.05) is 19.8 Å². The Labute approximate surface area is 254 Å². The molecular weight excluding hydrogens is 593 g/mol. The standard InChI is InChI=1S/C31H34NO11P/c32-26(31(34)35)20-40-44(36,37)41-21-29-28(14-7-17-38-29)43-30(33)16-15-23-9-4-5-13-27(23)39-19-22-8-6-12-25(18-22)42-24-10-2-1-3-11-24/h1-14,18,26,28-29H,15-17,19-21,32H2,(H,34,35)(H,36,37)/t26-,28+,29+/m0/s1. The molecule has 0 radical (unpaired) electrons. The van der Waals surface area contributed by atoms with Gasteiger partial charge in [-0.3, -0.25) is 18.6 Å². The van der Waals surface area contributed by atoms with Gasteiger partial charge in [0.1, 0.15) is 42.1 Å². The van der Waals surface area contributed by atoms with Gasteiger partial charge in [0.25, 0.3) is 0 Å². The molecule has 4 atom stereocenters. The third-order valence-corrected chi connectivity index (χ3v) is 7.30. The van der Waals surface area contributed by atoms with Crippen LogP contribution in [0.25, 0.3) is 0 Å². The topological polar surface area (TPSA) is 173 Å². The van der Waals surface area contributed by atoms with Crippen LogP contribution in [0.5, 0.6) is 17.2 Å². The molecule has 12 nitrogen and oxygen atoms in total. The van der Waals surface area contributed by atoms with E-state index in [2.05, 4.69) is 4.52 Å². The summed E-state index contributed by atoms with van der Waals surface area (Å²) < 4.78 is 44.7. The van der Waals surface area contributed by atoms with Crippen LogP contribution in [-0.4, -0.2) is 60.0 Å². The smallest absolute Gasteiger partial charge is 0.472 e. The van der Waals surface area contributed by atoms with Crippen LogP contribution in [0.4, 0.5) is 0 Å². The molecule has 4 N–H and O–H groups in total. The average Bonchev–Trinajstić information content (AvgIpc) is 3.02. The lowest BCUT2D eigenvalue weighted by Crippen LogP contribution is -2.38. The molecule has 0 fully saturated rings. The molecule has 0 aromatic heterocycles. The van der Waals surface area contributed by atoms with Gasteiger partial charge in [0.15, 0.2) is 0 Å². The number of hydrogen-bond donors (Lipinski definition) is 3. The number of carbonyl (C=O) groups excluding carboxylic acids is 1. The number of aryl methyl sites for hydroxylation is 1. The van der Waals surface area contributed by atoms with E-state index in [9.17, 15) is 19.0 Å². The minimum absolute atomic E-state index is 0.0351. The number of nitrogens with two attached hydrogens (primary N) is 1. The molecule has 4 rings (SSSR count). The van der Waals surface area contributed by atoms with Crippen molar-refractivity contribution in [2.24, 2.45) is 5.73 Å². The summed E-state index contributed by atoms with van der Waals surface area (Å²) in [6.07, 6.45) is 1.86. The maximum absolute atomic E-state index is 12.7. The van der Waals surface area contributed by atoms with Gasteiger partial charge in [-0.15, -0.1) is 0 Å². The van der Waals surface area contributed by atoms with Crippen molar-refractivity contribution in [3.05, 3.63) is 102 Å². The van der Waals surface area contributed by atoms with Crippen molar-refractivity contribution in [1.29, 1.82) is 0 Å². The summed E-state index contributed by atoms with van der Waals surface area (Å²) in [6, 6.07) is 23.0. The molecule has 0 aliphatic carbocycles. The lowest BCUT2D eigenvalue weighted by atomic mass is 10.1. The van der Waals surface area contributed by atoms with Crippen molar-refractivity contribution in [1.82, 2.24) is 0 Å². The normalized spacial score (nSPS) is 18.1. The van der Waals surface area contributed by atoms with E-state index in [1.165, 1.54) is 0 Å². The SMILES string of the molecule is N[C@@H](COP(=O)(O)OC[C@H]1OCC=C[C@H]1OC(=O)CCc1ccccc1OCc1cccc(Oc2ccccc2)c1)C(=O)O. The first-order valence-corrected chi connectivity index (χ1v) is 15.3. The number of hydrogen-bond acceptors (Lipinski definition) is 10. The Morgan fingerprint density at radius 3 is 2.55 bits per heavy atom. The number of para-hydroxylation sites is 2. The summed E-state index contributed by atoms with van der Waals surface area (Å²) in [6.45, 7) is -0.714. The van der Waals surface area contributed by atoms with E-state index < -0.39 is 51.2 Å². The van der Waals surface area contributed by atoms with Crippen molar-refractivity contribution in [3.8, 4) is 17.2 Å². The second kappa shape index (κ2) is 16.2. The lowest BCUT2D eigenvalue weighted by molar-refractivity contribution is -0.155. The zero-order chi connectivity index (χ0) is 31.4. The van der Waals surface area contributed by atoms with Gasteiger partial charge in [-0.2, -0.15) is 0 Å². The summed E-state index contributed by atoms with van der Waals surface area (Å²) >= 11 is 0. The number of ether oxygens (including phenoxy) is 4. The van der Waals surface area contributed by atoms with Gasteiger partial charge >= 0.3 is 19.8 Å². The molecular formula is C31H34NO11P. The second-order valence-electron chi connectivity index (χ2n) is 9.72. The number of esters is 1. The van der Waals surface area contributed by atoms with Crippen molar-refractivity contribution < 1.29 is 52.1 Å². The van der Waals surface area contributed by atoms with Crippen LogP contribution in [0.3, 0.4) is 0 Å². The number of carbonyl (C=O) groups is 2. The highest BCUT2D eigenvalue weighted by molar-refractivity contribution is 7.47. The van der Waals surface area contributed by atoms with Crippen LogP contribution in [0.15, 0.2) is 91.0 Å². The average molecular weight is 628 g/mol. The van der Waals surface area contributed by atoms with Gasteiger partial charge in [-0.25, -0.2) is 4.57 Å². The van der Waals surface area contributed by atoms with E-state index in [0.29, 0.717) is 24.5 Å². The first-order chi connectivity index (χ1) is 21.2. The first-order valence-electron chi connectivity index (χ1n) is 13.8. The summed E-state index contributed by atoms with van der Waals surface area (Å²) in [7, 11) is -4.63. The molecule has 0 saturated carbocycles.